The molecule has 0 aliphatic carbocycles. The second-order valence-corrected chi connectivity index (χ2v) is 11.7. The molecule has 5 aromatic rings. The van der Waals surface area contributed by atoms with Gasteiger partial charge in [-0.2, -0.15) is 0 Å². The maximum absolute atomic E-state index is 11.9. The lowest BCUT2D eigenvalue weighted by Gasteiger charge is -2.24. The Hall–Kier alpha value is -3.78. The van der Waals surface area contributed by atoms with Crippen molar-refractivity contribution < 1.29 is 22.4 Å². The first-order chi connectivity index (χ1) is 18.3. The molecule has 1 N–H and O–H groups in total. The maximum Gasteiger partial charge on any atom is 0.231 e. The summed E-state index contributed by atoms with van der Waals surface area (Å²) in [7, 11) is -3.37. The number of benzene rings is 3. The summed E-state index contributed by atoms with van der Waals surface area (Å²) in [5.74, 6) is 0.870. The Bertz CT molecular complexity index is 1680. The molecule has 0 saturated heterocycles. The van der Waals surface area contributed by atoms with Gasteiger partial charge in [-0.3, -0.25) is 0 Å². The van der Waals surface area contributed by atoms with Gasteiger partial charge in [-0.25, -0.2) is 13.4 Å². The number of fused-ring (bicyclic) bond motifs is 2. The van der Waals surface area contributed by atoms with Gasteiger partial charge in [-0.15, -0.1) is 0 Å². The highest BCUT2D eigenvalue weighted by atomic mass is 32.2. The third kappa shape index (κ3) is 5.27. The van der Waals surface area contributed by atoms with Crippen molar-refractivity contribution in [1.82, 2.24) is 4.98 Å². The third-order valence-electron chi connectivity index (χ3n) is 6.73. The average molecular weight is 533 g/mol. The zero-order valence-electron chi connectivity index (χ0n) is 21.9. The SMILES string of the molecule is CCCCN(CCCC)c1ccc(-c2cc3cc(-c4nc5cc(S(C)(=O)=O)ccc5o4)c(O)cc3o2)cc1. The molecule has 0 aliphatic heterocycles. The van der Waals surface area contributed by atoms with Crippen LogP contribution in [0.15, 0.2) is 74.4 Å². The van der Waals surface area contributed by atoms with Crippen molar-refractivity contribution in [2.75, 3.05) is 24.2 Å². The quantitative estimate of drug-likeness (QED) is 0.200. The Morgan fingerprint density at radius 2 is 1.58 bits per heavy atom. The van der Waals surface area contributed by atoms with Crippen LogP contribution in [0.2, 0.25) is 0 Å². The van der Waals surface area contributed by atoms with Crippen LogP contribution in [0.25, 0.3) is 44.8 Å². The predicted molar refractivity (Wildman–Crippen MR) is 151 cm³/mol. The summed E-state index contributed by atoms with van der Waals surface area (Å²) in [5, 5.41) is 11.5. The van der Waals surface area contributed by atoms with Crippen molar-refractivity contribution in [1.29, 1.82) is 0 Å². The highest BCUT2D eigenvalue weighted by Gasteiger charge is 2.18. The molecular weight excluding hydrogens is 500 g/mol. The van der Waals surface area contributed by atoms with Crippen LogP contribution in [0.1, 0.15) is 39.5 Å². The van der Waals surface area contributed by atoms with Crippen LogP contribution >= 0.6 is 0 Å². The van der Waals surface area contributed by atoms with Crippen LogP contribution in [-0.2, 0) is 9.84 Å². The number of furan rings is 1. The normalized spacial score (nSPS) is 12.0. The van der Waals surface area contributed by atoms with Gasteiger partial charge in [0.05, 0.1) is 10.5 Å². The number of hydrogen-bond acceptors (Lipinski definition) is 7. The van der Waals surface area contributed by atoms with E-state index in [0.29, 0.717) is 28.0 Å². The van der Waals surface area contributed by atoms with Crippen molar-refractivity contribution in [2.45, 2.75) is 44.4 Å². The van der Waals surface area contributed by atoms with Gasteiger partial charge < -0.3 is 18.8 Å². The van der Waals surface area contributed by atoms with E-state index in [4.69, 9.17) is 8.83 Å². The second kappa shape index (κ2) is 10.5. The van der Waals surface area contributed by atoms with E-state index >= 15 is 0 Å². The van der Waals surface area contributed by atoms with Crippen molar-refractivity contribution in [2.24, 2.45) is 0 Å². The first-order valence-electron chi connectivity index (χ1n) is 13.0. The number of unbranched alkanes of at least 4 members (excludes halogenated alkanes) is 2. The summed E-state index contributed by atoms with van der Waals surface area (Å²) < 4.78 is 35.7. The first-order valence-corrected chi connectivity index (χ1v) is 14.9. The summed E-state index contributed by atoms with van der Waals surface area (Å²) in [5.41, 5.74) is 3.95. The summed E-state index contributed by atoms with van der Waals surface area (Å²) in [6.07, 6.45) is 5.81. The van der Waals surface area contributed by atoms with Gasteiger partial charge in [0.2, 0.25) is 5.89 Å². The summed E-state index contributed by atoms with van der Waals surface area (Å²) in [6.45, 7) is 6.53. The lowest BCUT2D eigenvalue weighted by molar-refractivity contribution is 0.473. The van der Waals surface area contributed by atoms with E-state index in [0.717, 1.165) is 30.3 Å². The molecule has 8 heteroatoms. The van der Waals surface area contributed by atoms with E-state index < -0.39 is 9.84 Å². The topological polar surface area (TPSA) is 96.8 Å². The lowest BCUT2D eigenvalue weighted by atomic mass is 10.1. The number of nitrogens with zero attached hydrogens (tertiary/aromatic N) is 2. The molecule has 0 bridgehead atoms. The number of aromatic nitrogens is 1. The zero-order chi connectivity index (χ0) is 26.9. The molecule has 0 aliphatic rings. The Morgan fingerprint density at radius 1 is 0.868 bits per heavy atom. The Morgan fingerprint density at radius 3 is 2.24 bits per heavy atom. The Labute approximate surface area is 222 Å². The largest absolute Gasteiger partial charge is 0.507 e. The number of aromatic hydroxyl groups is 1. The van der Waals surface area contributed by atoms with E-state index in [-0.39, 0.29) is 16.5 Å². The highest BCUT2D eigenvalue weighted by Crippen LogP contribution is 2.38. The molecule has 198 valence electrons. The van der Waals surface area contributed by atoms with Crippen LogP contribution in [0.4, 0.5) is 5.69 Å². The van der Waals surface area contributed by atoms with Crippen molar-refractivity contribution in [3.63, 3.8) is 0 Å². The van der Waals surface area contributed by atoms with Gasteiger partial charge in [-0.05, 0) is 67.4 Å². The monoisotopic (exact) mass is 532 g/mol. The smallest absolute Gasteiger partial charge is 0.231 e. The molecule has 0 fully saturated rings. The van der Waals surface area contributed by atoms with E-state index in [1.807, 2.05) is 6.07 Å². The van der Waals surface area contributed by atoms with Crippen LogP contribution < -0.4 is 4.90 Å². The summed E-state index contributed by atoms with van der Waals surface area (Å²) in [6, 6.07) is 18.2. The minimum Gasteiger partial charge on any atom is -0.507 e. The molecule has 0 spiro atoms. The summed E-state index contributed by atoms with van der Waals surface area (Å²) >= 11 is 0. The fourth-order valence-corrected chi connectivity index (χ4v) is 5.19. The first kappa shape index (κ1) is 25.9. The van der Waals surface area contributed by atoms with Gasteiger partial charge in [-0.1, -0.05) is 26.7 Å². The molecular formula is C30H32N2O5S. The molecule has 0 amide bonds. The number of hydrogen-bond donors (Lipinski definition) is 1. The number of phenolic OH excluding ortho intramolecular Hbond substituents is 1. The molecule has 0 saturated carbocycles. The fraction of sp³-hybridized carbons (Fsp3) is 0.300. The molecule has 2 aromatic heterocycles. The van der Waals surface area contributed by atoms with E-state index in [1.165, 1.54) is 43.5 Å². The van der Waals surface area contributed by atoms with E-state index in [2.05, 4.69) is 48.0 Å². The van der Waals surface area contributed by atoms with Gasteiger partial charge in [0.1, 0.15) is 22.6 Å². The molecule has 0 atom stereocenters. The molecule has 2 heterocycles. The molecule has 38 heavy (non-hydrogen) atoms. The standard InChI is InChI=1S/C30H32N2O5S/c1-4-6-14-32(15-7-5-2)22-10-8-20(9-11-22)28-17-21-16-24(26(33)19-29(21)36-28)30-31-25-18-23(38(3,34)35)12-13-27(25)37-30/h8-13,16-19,33H,4-7,14-15H2,1-3H3. The van der Waals surface area contributed by atoms with E-state index in [9.17, 15) is 13.5 Å². The minimum atomic E-state index is -3.37. The van der Waals surface area contributed by atoms with Crippen LogP contribution in [-0.4, -0.2) is 37.9 Å². The Balaban J connectivity index is 1.45. The molecule has 0 radical (unpaired) electrons. The van der Waals surface area contributed by atoms with Gasteiger partial charge in [0, 0.05) is 42.0 Å². The number of sulfone groups is 1. The third-order valence-corrected chi connectivity index (χ3v) is 7.84. The molecule has 7 nitrogen and oxygen atoms in total. The maximum atomic E-state index is 11.9. The fourth-order valence-electron chi connectivity index (χ4n) is 4.55. The van der Waals surface area contributed by atoms with Gasteiger partial charge in [0.25, 0.3) is 0 Å². The number of rotatable bonds is 10. The molecule has 5 rings (SSSR count). The van der Waals surface area contributed by atoms with E-state index in [1.54, 1.807) is 18.2 Å². The van der Waals surface area contributed by atoms with Crippen molar-refractivity contribution in [3.05, 3.63) is 60.7 Å². The minimum absolute atomic E-state index is 0.0360. The molecule has 3 aromatic carbocycles. The average Bonchev–Trinajstić information content (AvgIpc) is 3.51. The lowest BCUT2D eigenvalue weighted by Crippen LogP contribution is -2.25. The zero-order valence-corrected chi connectivity index (χ0v) is 22.7. The molecule has 0 unspecified atom stereocenters. The number of phenols is 1. The van der Waals surface area contributed by atoms with Crippen LogP contribution in [0.5, 0.6) is 5.75 Å². The van der Waals surface area contributed by atoms with Gasteiger partial charge in [0.15, 0.2) is 15.4 Å². The summed E-state index contributed by atoms with van der Waals surface area (Å²) in [4.78, 5) is 7.04. The van der Waals surface area contributed by atoms with Crippen LogP contribution in [0.3, 0.4) is 0 Å². The highest BCUT2D eigenvalue weighted by molar-refractivity contribution is 7.90. The second-order valence-electron chi connectivity index (χ2n) is 9.68. The number of anilines is 1. The predicted octanol–water partition coefficient (Wildman–Crippen LogP) is 7.42. The Kier molecular flexibility index (Phi) is 7.17. The van der Waals surface area contributed by atoms with Gasteiger partial charge >= 0.3 is 0 Å². The van der Waals surface area contributed by atoms with Crippen molar-refractivity contribution >= 4 is 37.6 Å². The van der Waals surface area contributed by atoms with Crippen LogP contribution in [0, 0.1) is 0 Å². The van der Waals surface area contributed by atoms with Crippen molar-refractivity contribution in [3.8, 4) is 28.5 Å². The number of oxazole rings is 1.